The van der Waals surface area contributed by atoms with Crippen LogP contribution in [0.25, 0.3) is 0 Å². The fraction of sp³-hybridized carbons (Fsp3) is 0.667. The van der Waals surface area contributed by atoms with Crippen LogP contribution in [0.1, 0.15) is 58.1 Å². The molecule has 0 aliphatic heterocycles. The van der Waals surface area contributed by atoms with E-state index >= 15 is 0 Å². The molecule has 1 N–H and O–H groups in total. The summed E-state index contributed by atoms with van der Waals surface area (Å²) in [7, 11) is 0. The van der Waals surface area contributed by atoms with Crippen molar-refractivity contribution in [2.24, 2.45) is 5.41 Å². The lowest BCUT2D eigenvalue weighted by Crippen LogP contribution is -2.37. The lowest BCUT2D eigenvalue weighted by atomic mass is 9.75. The van der Waals surface area contributed by atoms with E-state index in [2.05, 4.69) is 37.1 Å². The fourth-order valence-electron chi connectivity index (χ4n) is 2.65. The van der Waals surface area contributed by atoms with Crippen LogP contribution in [0.3, 0.4) is 0 Å². The second kappa shape index (κ2) is 5.18. The van der Waals surface area contributed by atoms with E-state index in [-0.39, 0.29) is 0 Å². The summed E-state index contributed by atoms with van der Waals surface area (Å²) >= 11 is 0. The average molecular weight is 232 g/mol. The SMILES string of the molecule is CC(NC1CCC(C)(C)CC1)c1cccnc1. The molecule has 2 heteroatoms. The maximum atomic E-state index is 4.18. The van der Waals surface area contributed by atoms with E-state index in [0.29, 0.717) is 17.5 Å². The van der Waals surface area contributed by atoms with Crippen molar-refractivity contribution in [2.75, 3.05) is 0 Å². The van der Waals surface area contributed by atoms with Gasteiger partial charge in [-0.3, -0.25) is 4.98 Å². The molecule has 1 atom stereocenters. The smallest absolute Gasteiger partial charge is 0.0315 e. The first kappa shape index (κ1) is 12.6. The van der Waals surface area contributed by atoms with E-state index in [1.54, 1.807) is 0 Å². The average Bonchev–Trinajstić information content (AvgIpc) is 2.33. The third-order valence-corrected chi connectivity index (χ3v) is 4.01. The molecule has 2 rings (SSSR count). The molecule has 0 spiro atoms. The summed E-state index contributed by atoms with van der Waals surface area (Å²) in [6, 6.07) is 5.25. The van der Waals surface area contributed by atoms with Gasteiger partial charge in [0.05, 0.1) is 0 Å². The predicted octanol–water partition coefficient (Wildman–Crippen LogP) is 3.70. The van der Waals surface area contributed by atoms with Crippen molar-refractivity contribution in [1.29, 1.82) is 0 Å². The first-order chi connectivity index (χ1) is 8.07. The van der Waals surface area contributed by atoms with Crippen LogP contribution in [0.4, 0.5) is 0 Å². The summed E-state index contributed by atoms with van der Waals surface area (Å²) in [4.78, 5) is 4.18. The Morgan fingerprint density at radius 1 is 1.35 bits per heavy atom. The predicted molar refractivity (Wildman–Crippen MR) is 71.8 cm³/mol. The molecule has 1 aromatic heterocycles. The van der Waals surface area contributed by atoms with Gasteiger partial charge in [-0.15, -0.1) is 0 Å². The maximum absolute atomic E-state index is 4.18. The fourth-order valence-corrected chi connectivity index (χ4v) is 2.65. The Morgan fingerprint density at radius 3 is 2.65 bits per heavy atom. The number of aromatic nitrogens is 1. The summed E-state index contributed by atoms with van der Waals surface area (Å²) in [6.07, 6.45) is 9.08. The van der Waals surface area contributed by atoms with Crippen LogP contribution in [-0.2, 0) is 0 Å². The molecule has 94 valence electrons. The molecule has 1 aromatic rings. The van der Waals surface area contributed by atoms with Crippen molar-refractivity contribution in [1.82, 2.24) is 10.3 Å². The van der Waals surface area contributed by atoms with Crippen LogP contribution in [0.2, 0.25) is 0 Å². The molecule has 0 amide bonds. The number of nitrogens with one attached hydrogen (secondary N) is 1. The quantitative estimate of drug-likeness (QED) is 0.859. The molecule has 1 aliphatic carbocycles. The lowest BCUT2D eigenvalue weighted by Gasteiger charge is -2.36. The zero-order chi connectivity index (χ0) is 12.3. The van der Waals surface area contributed by atoms with Crippen molar-refractivity contribution >= 4 is 0 Å². The minimum absolute atomic E-state index is 0.412. The topological polar surface area (TPSA) is 24.9 Å². The van der Waals surface area contributed by atoms with Gasteiger partial charge in [-0.1, -0.05) is 19.9 Å². The van der Waals surface area contributed by atoms with E-state index in [0.717, 1.165) is 0 Å². The molecular formula is C15H24N2. The van der Waals surface area contributed by atoms with E-state index in [9.17, 15) is 0 Å². The number of pyridine rings is 1. The third-order valence-electron chi connectivity index (χ3n) is 4.01. The standard InChI is InChI=1S/C15H24N2/c1-12(13-5-4-10-16-11-13)17-14-6-8-15(2,3)9-7-14/h4-5,10-12,14,17H,6-9H2,1-3H3. The van der Waals surface area contributed by atoms with Gasteiger partial charge >= 0.3 is 0 Å². The molecule has 1 unspecified atom stereocenters. The van der Waals surface area contributed by atoms with Gasteiger partial charge < -0.3 is 5.32 Å². The Morgan fingerprint density at radius 2 is 2.06 bits per heavy atom. The minimum Gasteiger partial charge on any atom is -0.307 e. The molecule has 0 saturated heterocycles. The first-order valence-corrected chi connectivity index (χ1v) is 6.73. The van der Waals surface area contributed by atoms with E-state index in [1.807, 2.05) is 18.5 Å². The number of rotatable bonds is 3. The molecule has 0 bridgehead atoms. The summed E-state index contributed by atoms with van der Waals surface area (Å²) < 4.78 is 0. The summed E-state index contributed by atoms with van der Waals surface area (Å²) in [5.74, 6) is 0. The van der Waals surface area contributed by atoms with Crippen molar-refractivity contribution in [3.8, 4) is 0 Å². The van der Waals surface area contributed by atoms with Gasteiger partial charge in [0.15, 0.2) is 0 Å². The molecule has 1 fully saturated rings. The van der Waals surface area contributed by atoms with Crippen LogP contribution in [0, 0.1) is 5.41 Å². The normalized spacial score (nSPS) is 22.3. The lowest BCUT2D eigenvalue weighted by molar-refractivity contribution is 0.200. The van der Waals surface area contributed by atoms with Crippen LogP contribution in [-0.4, -0.2) is 11.0 Å². The van der Waals surface area contributed by atoms with Crippen LogP contribution in [0.5, 0.6) is 0 Å². The van der Waals surface area contributed by atoms with Crippen LogP contribution in [0.15, 0.2) is 24.5 Å². The Balaban J connectivity index is 1.86. The van der Waals surface area contributed by atoms with Crippen LogP contribution < -0.4 is 5.32 Å². The summed E-state index contributed by atoms with van der Waals surface area (Å²) in [5.41, 5.74) is 1.84. The Labute approximate surface area is 105 Å². The molecule has 0 radical (unpaired) electrons. The maximum Gasteiger partial charge on any atom is 0.0315 e. The number of nitrogens with zero attached hydrogens (tertiary/aromatic N) is 1. The van der Waals surface area contributed by atoms with Gasteiger partial charge in [-0.05, 0) is 49.7 Å². The van der Waals surface area contributed by atoms with Crippen LogP contribution >= 0.6 is 0 Å². The zero-order valence-electron chi connectivity index (χ0n) is 11.2. The molecular weight excluding hydrogens is 208 g/mol. The Bertz CT molecular complexity index is 335. The van der Waals surface area contributed by atoms with E-state index in [4.69, 9.17) is 0 Å². The summed E-state index contributed by atoms with van der Waals surface area (Å²) in [5, 5.41) is 3.73. The second-order valence-electron chi connectivity index (χ2n) is 6.11. The monoisotopic (exact) mass is 232 g/mol. The third kappa shape index (κ3) is 3.53. The van der Waals surface area contributed by atoms with Gasteiger partial charge in [-0.25, -0.2) is 0 Å². The highest BCUT2D eigenvalue weighted by Gasteiger charge is 2.27. The molecule has 2 nitrogen and oxygen atoms in total. The molecule has 1 aliphatic rings. The molecule has 0 aromatic carbocycles. The van der Waals surface area contributed by atoms with E-state index < -0.39 is 0 Å². The molecule has 1 heterocycles. The summed E-state index contributed by atoms with van der Waals surface area (Å²) in [6.45, 7) is 7.00. The molecule has 17 heavy (non-hydrogen) atoms. The van der Waals surface area contributed by atoms with Crippen molar-refractivity contribution in [3.63, 3.8) is 0 Å². The highest BCUT2D eigenvalue weighted by atomic mass is 14.9. The van der Waals surface area contributed by atoms with Gasteiger partial charge in [0.1, 0.15) is 0 Å². The van der Waals surface area contributed by atoms with Gasteiger partial charge in [0.2, 0.25) is 0 Å². The molecule has 1 saturated carbocycles. The van der Waals surface area contributed by atoms with Gasteiger partial charge in [-0.2, -0.15) is 0 Å². The van der Waals surface area contributed by atoms with Crippen molar-refractivity contribution in [2.45, 2.75) is 58.5 Å². The Kier molecular flexibility index (Phi) is 3.82. The highest BCUT2D eigenvalue weighted by molar-refractivity contribution is 5.13. The second-order valence-corrected chi connectivity index (χ2v) is 6.11. The first-order valence-electron chi connectivity index (χ1n) is 6.73. The Hall–Kier alpha value is -0.890. The number of hydrogen-bond donors (Lipinski definition) is 1. The van der Waals surface area contributed by atoms with Gasteiger partial charge in [0.25, 0.3) is 0 Å². The zero-order valence-corrected chi connectivity index (χ0v) is 11.2. The van der Waals surface area contributed by atoms with Crippen molar-refractivity contribution < 1.29 is 0 Å². The largest absolute Gasteiger partial charge is 0.307 e. The van der Waals surface area contributed by atoms with E-state index in [1.165, 1.54) is 31.2 Å². The van der Waals surface area contributed by atoms with Crippen molar-refractivity contribution in [3.05, 3.63) is 30.1 Å². The highest BCUT2D eigenvalue weighted by Crippen LogP contribution is 2.35. The van der Waals surface area contributed by atoms with Gasteiger partial charge in [0, 0.05) is 24.5 Å². The number of hydrogen-bond acceptors (Lipinski definition) is 2. The minimum atomic E-state index is 0.412.